The van der Waals surface area contributed by atoms with Crippen molar-refractivity contribution in [3.05, 3.63) is 66.4 Å². The molecule has 1 fully saturated rings. The summed E-state index contributed by atoms with van der Waals surface area (Å²) in [7, 11) is 1.69. The second-order valence-corrected chi connectivity index (χ2v) is 10.8. The van der Waals surface area contributed by atoms with Crippen LogP contribution in [-0.4, -0.2) is 37.7 Å². The van der Waals surface area contributed by atoms with Crippen molar-refractivity contribution in [1.29, 1.82) is 0 Å². The van der Waals surface area contributed by atoms with Crippen LogP contribution in [-0.2, 0) is 18.0 Å². The fourth-order valence-corrected chi connectivity index (χ4v) is 5.80. The highest BCUT2D eigenvalue weighted by molar-refractivity contribution is 6.12. The zero-order valence-electron chi connectivity index (χ0n) is 23.2. The molecule has 0 aliphatic heterocycles. The van der Waals surface area contributed by atoms with Crippen LogP contribution in [0.25, 0.3) is 44.2 Å². The van der Waals surface area contributed by atoms with Gasteiger partial charge in [0.15, 0.2) is 0 Å². The van der Waals surface area contributed by atoms with Crippen LogP contribution in [0.5, 0.6) is 0 Å². The van der Waals surface area contributed by atoms with Gasteiger partial charge in [0.1, 0.15) is 0 Å². The van der Waals surface area contributed by atoms with Crippen molar-refractivity contribution in [2.75, 3.05) is 10.6 Å². The first-order valence-corrected chi connectivity index (χ1v) is 13.8. The number of benzene rings is 3. The number of fused-ring (bicyclic) bond motifs is 3. The van der Waals surface area contributed by atoms with Crippen LogP contribution in [0.4, 0.5) is 24.8 Å². The Morgan fingerprint density at radius 1 is 1.02 bits per heavy atom. The number of hydrogen-bond acceptors (Lipinski definition) is 6. The fourth-order valence-electron chi connectivity index (χ4n) is 5.80. The van der Waals surface area contributed by atoms with Crippen molar-refractivity contribution in [3.8, 4) is 22.5 Å². The summed E-state index contributed by atoms with van der Waals surface area (Å²) in [6.45, 7) is 1.25. The van der Waals surface area contributed by atoms with Crippen LogP contribution < -0.4 is 16.4 Å². The van der Waals surface area contributed by atoms with Crippen molar-refractivity contribution in [3.63, 3.8) is 0 Å². The first kappa shape index (κ1) is 27.6. The molecule has 0 spiro atoms. The number of carbonyl (C=O) groups excluding carboxylic acids is 1. The van der Waals surface area contributed by atoms with E-state index in [1.807, 2.05) is 30.3 Å². The van der Waals surface area contributed by atoms with Crippen LogP contribution in [0.1, 0.15) is 38.2 Å². The van der Waals surface area contributed by atoms with E-state index in [1.165, 1.54) is 19.1 Å². The van der Waals surface area contributed by atoms with Gasteiger partial charge in [-0.05, 0) is 55.3 Å². The summed E-state index contributed by atoms with van der Waals surface area (Å²) < 4.78 is 43.8. The normalized spacial score (nSPS) is 17.5. The van der Waals surface area contributed by atoms with Crippen molar-refractivity contribution in [1.82, 2.24) is 19.7 Å². The Morgan fingerprint density at radius 3 is 2.48 bits per heavy atom. The van der Waals surface area contributed by atoms with E-state index in [4.69, 9.17) is 10.7 Å². The number of halogens is 3. The standard InChI is InChI=1S/C31H30F3N7O/c1-17(42)37-25-9-5-8-24(31(32,33)34)28(25)26-15-27(41(2)40-26)23-14-18-16-36-30(38-20-12-10-19(35)11-13-20)39-29(18)22-7-4-3-6-21(22)23/h3-9,14-16,19-20H,10-13,35H2,1-2H3,(H,37,42)(H,36,38,39). The van der Waals surface area contributed by atoms with Crippen molar-refractivity contribution >= 4 is 39.2 Å². The maximum atomic E-state index is 14.1. The predicted octanol–water partition coefficient (Wildman–Crippen LogP) is 6.51. The second-order valence-electron chi connectivity index (χ2n) is 10.8. The Kier molecular flexibility index (Phi) is 7.05. The molecule has 2 heterocycles. The van der Waals surface area contributed by atoms with E-state index in [9.17, 15) is 18.0 Å². The molecule has 216 valence electrons. The number of carbonyl (C=O) groups is 1. The molecule has 0 atom stereocenters. The number of anilines is 2. The summed E-state index contributed by atoms with van der Waals surface area (Å²) in [4.78, 5) is 21.3. The zero-order chi connectivity index (χ0) is 29.6. The average Bonchev–Trinajstić information content (AvgIpc) is 3.34. The molecule has 2 aromatic heterocycles. The number of nitrogens with two attached hydrogens (primary N) is 1. The van der Waals surface area contributed by atoms with Crippen LogP contribution >= 0.6 is 0 Å². The van der Waals surface area contributed by atoms with Gasteiger partial charge in [0, 0.05) is 54.2 Å². The predicted molar refractivity (Wildman–Crippen MR) is 158 cm³/mol. The number of hydrogen-bond donors (Lipinski definition) is 3. The summed E-state index contributed by atoms with van der Waals surface area (Å²) in [6.07, 6.45) is 0.969. The number of aryl methyl sites for hydroxylation is 1. The summed E-state index contributed by atoms with van der Waals surface area (Å²) in [5.74, 6) is 0.0751. The highest BCUT2D eigenvalue weighted by atomic mass is 19.4. The molecule has 3 aromatic carbocycles. The molecule has 6 rings (SSSR count). The van der Waals surface area contributed by atoms with Gasteiger partial charge in [0.05, 0.1) is 28.2 Å². The minimum Gasteiger partial charge on any atom is -0.351 e. The molecule has 1 saturated carbocycles. The highest BCUT2D eigenvalue weighted by Gasteiger charge is 2.36. The van der Waals surface area contributed by atoms with Crippen LogP contribution in [0.15, 0.2) is 60.8 Å². The molecule has 1 aliphatic carbocycles. The van der Waals surface area contributed by atoms with Gasteiger partial charge in [-0.15, -0.1) is 0 Å². The molecule has 0 radical (unpaired) electrons. The minimum absolute atomic E-state index is 0.0405. The SMILES string of the molecule is CC(=O)Nc1cccc(C(F)(F)F)c1-c1cc(-c2cc3cnc(NC4CCC(N)CC4)nc3c3ccccc23)n(C)n1. The molecule has 0 bridgehead atoms. The molecule has 5 aromatic rings. The fraction of sp³-hybridized carbons (Fsp3) is 0.290. The minimum atomic E-state index is -4.65. The summed E-state index contributed by atoms with van der Waals surface area (Å²) in [5, 5.41) is 13.0. The smallest absolute Gasteiger partial charge is 0.351 e. The molecule has 42 heavy (non-hydrogen) atoms. The van der Waals surface area contributed by atoms with Gasteiger partial charge in [0.25, 0.3) is 0 Å². The average molecular weight is 574 g/mol. The van der Waals surface area contributed by atoms with Crippen molar-refractivity contribution < 1.29 is 18.0 Å². The molecular formula is C31H30F3N7O. The van der Waals surface area contributed by atoms with E-state index in [1.54, 1.807) is 24.0 Å². The molecule has 8 nitrogen and oxygen atoms in total. The van der Waals surface area contributed by atoms with E-state index >= 15 is 0 Å². The lowest BCUT2D eigenvalue weighted by atomic mass is 9.92. The van der Waals surface area contributed by atoms with E-state index in [-0.39, 0.29) is 29.0 Å². The highest BCUT2D eigenvalue weighted by Crippen LogP contribution is 2.42. The molecule has 11 heteroatoms. The van der Waals surface area contributed by atoms with Gasteiger partial charge in [-0.1, -0.05) is 30.3 Å². The summed E-state index contributed by atoms with van der Waals surface area (Å²) >= 11 is 0. The van der Waals surface area contributed by atoms with Gasteiger partial charge < -0.3 is 16.4 Å². The van der Waals surface area contributed by atoms with Crippen LogP contribution in [0.3, 0.4) is 0 Å². The topological polar surface area (TPSA) is 111 Å². The zero-order valence-corrected chi connectivity index (χ0v) is 23.2. The Labute approximate surface area is 240 Å². The maximum Gasteiger partial charge on any atom is 0.417 e. The Balaban J connectivity index is 1.46. The number of rotatable bonds is 5. The largest absolute Gasteiger partial charge is 0.417 e. The van der Waals surface area contributed by atoms with E-state index in [0.29, 0.717) is 11.6 Å². The Morgan fingerprint density at radius 2 is 1.76 bits per heavy atom. The molecular weight excluding hydrogens is 543 g/mol. The Bertz CT molecular complexity index is 1810. The molecule has 4 N–H and O–H groups in total. The quantitative estimate of drug-likeness (QED) is 0.207. The summed E-state index contributed by atoms with van der Waals surface area (Å²) in [5.41, 5.74) is 7.28. The Hall–Kier alpha value is -4.51. The monoisotopic (exact) mass is 573 g/mol. The van der Waals surface area contributed by atoms with Crippen LogP contribution in [0.2, 0.25) is 0 Å². The van der Waals surface area contributed by atoms with E-state index < -0.39 is 17.6 Å². The lowest BCUT2D eigenvalue weighted by Crippen LogP contribution is -2.33. The number of aromatic nitrogens is 4. The van der Waals surface area contributed by atoms with Crippen LogP contribution in [0, 0.1) is 0 Å². The molecule has 1 amide bonds. The third kappa shape index (κ3) is 5.27. The van der Waals surface area contributed by atoms with E-state index in [2.05, 4.69) is 20.7 Å². The summed E-state index contributed by atoms with van der Waals surface area (Å²) in [6, 6.07) is 15.5. The lowest BCUT2D eigenvalue weighted by Gasteiger charge is -2.26. The number of nitrogens with zero attached hydrogens (tertiary/aromatic N) is 4. The molecule has 0 saturated heterocycles. The van der Waals surface area contributed by atoms with E-state index in [0.717, 1.165) is 59.0 Å². The molecule has 0 unspecified atom stereocenters. The maximum absolute atomic E-state index is 14.1. The van der Waals surface area contributed by atoms with Gasteiger partial charge in [-0.25, -0.2) is 9.97 Å². The number of alkyl halides is 3. The third-order valence-electron chi connectivity index (χ3n) is 7.79. The second kappa shape index (κ2) is 10.7. The van der Waals surface area contributed by atoms with Gasteiger partial charge in [-0.2, -0.15) is 18.3 Å². The van der Waals surface area contributed by atoms with Gasteiger partial charge in [0.2, 0.25) is 11.9 Å². The molecule has 1 aliphatic rings. The van der Waals surface area contributed by atoms with Crippen molar-refractivity contribution in [2.45, 2.75) is 50.9 Å². The first-order chi connectivity index (χ1) is 20.1. The third-order valence-corrected chi connectivity index (χ3v) is 7.79. The first-order valence-electron chi connectivity index (χ1n) is 13.8. The number of nitrogens with one attached hydrogen (secondary N) is 2. The van der Waals surface area contributed by atoms with Gasteiger partial charge >= 0.3 is 6.18 Å². The lowest BCUT2D eigenvalue weighted by molar-refractivity contribution is -0.137. The van der Waals surface area contributed by atoms with Gasteiger partial charge in [-0.3, -0.25) is 9.48 Å². The number of amides is 1. The van der Waals surface area contributed by atoms with Crippen molar-refractivity contribution in [2.24, 2.45) is 12.8 Å².